The number of aryl methyl sites for hydroxylation is 1. The second-order valence-corrected chi connectivity index (χ2v) is 6.41. The summed E-state index contributed by atoms with van der Waals surface area (Å²) in [6.45, 7) is 3.28. The molecule has 0 saturated carbocycles. The van der Waals surface area contributed by atoms with Gasteiger partial charge in [0.2, 0.25) is 10.0 Å². The summed E-state index contributed by atoms with van der Waals surface area (Å²) >= 11 is 0. The van der Waals surface area contributed by atoms with Crippen LogP contribution < -0.4 is 4.72 Å². The highest BCUT2D eigenvalue weighted by atomic mass is 32.2. The molecule has 0 aliphatic rings. The van der Waals surface area contributed by atoms with E-state index in [0.717, 1.165) is 0 Å². The molecule has 0 bridgehead atoms. The van der Waals surface area contributed by atoms with Crippen molar-refractivity contribution in [2.75, 3.05) is 7.11 Å². The van der Waals surface area contributed by atoms with Crippen LogP contribution in [-0.4, -0.2) is 26.7 Å². The highest BCUT2D eigenvalue weighted by Crippen LogP contribution is 2.19. The Balaban J connectivity index is 2.27. The Labute approximate surface area is 128 Å². The number of hydrogen-bond donors (Lipinski definition) is 1. The van der Waals surface area contributed by atoms with Gasteiger partial charge in [-0.05, 0) is 31.5 Å². The molecule has 0 aliphatic heterocycles. The highest BCUT2D eigenvalue weighted by Gasteiger charge is 2.21. The number of rotatable bonds is 5. The lowest BCUT2D eigenvalue weighted by molar-refractivity contribution is 0.0599. The number of nitrogens with one attached hydrogen (secondary N) is 1. The zero-order chi connectivity index (χ0) is 16.3. The van der Waals surface area contributed by atoms with Crippen LogP contribution in [0.5, 0.6) is 0 Å². The normalized spacial score (nSPS) is 11.4. The number of hydrogen-bond acceptors (Lipinski definition) is 6. The molecule has 2 aromatic rings. The van der Waals surface area contributed by atoms with Crippen molar-refractivity contribution in [3.8, 4) is 0 Å². The smallest absolute Gasteiger partial charge is 0.338 e. The first-order valence-electron chi connectivity index (χ1n) is 6.45. The van der Waals surface area contributed by atoms with Gasteiger partial charge in [0.15, 0.2) is 0 Å². The molecule has 22 heavy (non-hydrogen) atoms. The molecular weight excluding hydrogens is 308 g/mol. The molecular formula is C14H16N2O5S. The van der Waals surface area contributed by atoms with Crippen LogP contribution in [0.25, 0.3) is 0 Å². The predicted molar refractivity (Wildman–Crippen MR) is 77.8 cm³/mol. The zero-order valence-electron chi connectivity index (χ0n) is 12.4. The summed E-state index contributed by atoms with van der Waals surface area (Å²) in [6, 6.07) is 6.08. The van der Waals surface area contributed by atoms with E-state index in [-0.39, 0.29) is 17.0 Å². The number of methoxy groups -OCH3 is 1. The van der Waals surface area contributed by atoms with Crippen LogP contribution in [-0.2, 0) is 21.3 Å². The van der Waals surface area contributed by atoms with Crippen molar-refractivity contribution in [2.24, 2.45) is 0 Å². The van der Waals surface area contributed by atoms with Gasteiger partial charge in [-0.15, -0.1) is 0 Å². The first-order valence-corrected chi connectivity index (χ1v) is 7.93. The second-order valence-electron chi connectivity index (χ2n) is 4.67. The van der Waals surface area contributed by atoms with E-state index in [4.69, 9.17) is 4.52 Å². The van der Waals surface area contributed by atoms with E-state index in [9.17, 15) is 13.2 Å². The molecule has 0 aliphatic carbocycles. The van der Waals surface area contributed by atoms with E-state index in [1.54, 1.807) is 19.9 Å². The molecule has 0 saturated heterocycles. The Morgan fingerprint density at radius 1 is 1.36 bits per heavy atom. The molecule has 0 radical (unpaired) electrons. The SMILES string of the molecule is COC(=O)c1cccc(S(=O)(=O)NCc2cc(C)on2)c1C. The van der Waals surface area contributed by atoms with Crippen LogP contribution in [0.15, 0.2) is 33.7 Å². The summed E-state index contributed by atoms with van der Waals surface area (Å²) in [5, 5.41) is 3.72. The van der Waals surface area contributed by atoms with E-state index in [0.29, 0.717) is 17.0 Å². The van der Waals surface area contributed by atoms with Gasteiger partial charge in [-0.3, -0.25) is 0 Å². The average Bonchev–Trinajstić information content (AvgIpc) is 2.90. The number of aromatic nitrogens is 1. The monoisotopic (exact) mass is 324 g/mol. The van der Waals surface area contributed by atoms with Crippen LogP contribution in [0.4, 0.5) is 0 Å². The van der Waals surface area contributed by atoms with E-state index >= 15 is 0 Å². The van der Waals surface area contributed by atoms with Gasteiger partial charge in [-0.2, -0.15) is 0 Å². The molecule has 1 aromatic heterocycles. The molecule has 1 N–H and O–H groups in total. The first kappa shape index (κ1) is 16.2. The van der Waals surface area contributed by atoms with Gasteiger partial charge in [-0.1, -0.05) is 11.2 Å². The van der Waals surface area contributed by atoms with Gasteiger partial charge in [-0.25, -0.2) is 17.9 Å². The van der Waals surface area contributed by atoms with Gasteiger partial charge in [0.1, 0.15) is 5.76 Å². The highest BCUT2D eigenvalue weighted by molar-refractivity contribution is 7.89. The quantitative estimate of drug-likeness (QED) is 0.838. The Hall–Kier alpha value is -2.19. The summed E-state index contributed by atoms with van der Waals surface area (Å²) in [4.78, 5) is 11.7. The predicted octanol–water partition coefficient (Wildman–Crippen LogP) is 1.56. The molecule has 0 spiro atoms. The van der Waals surface area contributed by atoms with Crippen LogP contribution >= 0.6 is 0 Å². The lowest BCUT2D eigenvalue weighted by Gasteiger charge is -2.11. The molecule has 1 aromatic carbocycles. The minimum Gasteiger partial charge on any atom is -0.465 e. The van der Waals surface area contributed by atoms with Gasteiger partial charge in [0.05, 0.1) is 29.8 Å². The van der Waals surface area contributed by atoms with Crippen LogP contribution in [0, 0.1) is 13.8 Å². The van der Waals surface area contributed by atoms with Crippen LogP contribution in [0.2, 0.25) is 0 Å². The van der Waals surface area contributed by atoms with Crippen LogP contribution in [0.1, 0.15) is 27.4 Å². The molecule has 2 rings (SSSR count). The third kappa shape index (κ3) is 3.34. The third-order valence-corrected chi connectivity index (χ3v) is 4.64. The maximum atomic E-state index is 12.4. The lowest BCUT2D eigenvalue weighted by Crippen LogP contribution is -2.24. The topological polar surface area (TPSA) is 98.5 Å². The molecule has 0 fully saturated rings. The maximum absolute atomic E-state index is 12.4. The molecule has 1 heterocycles. The van der Waals surface area contributed by atoms with Crippen molar-refractivity contribution in [3.63, 3.8) is 0 Å². The zero-order valence-corrected chi connectivity index (χ0v) is 13.2. The number of carbonyl (C=O) groups is 1. The average molecular weight is 324 g/mol. The van der Waals surface area contributed by atoms with E-state index < -0.39 is 16.0 Å². The Morgan fingerprint density at radius 3 is 2.68 bits per heavy atom. The van der Waals surface area contributed by atoms with E-state index in [1.807, 2.05) is 0 Å². The number of benzene rings is 1. The minimum atomic E-state index is -3.78. The molecule has 8 heteroatoms. The number of carbonyl (C=O) groups excluding carboxylic acids is 1. The number of ether oxygens (including phenoxy) is 1. The van der Waals surface area contributed by atoms with Gasteiger partial charge in [0, 0.05) is 6.07 Å². The van der Waals surface area contributed by atoms with Gasteiger partial charge in [0.25, 0.3) is 0 Å². The van der Waals surface area contributed by atoms with E-state index in [2.05, 4.69) is 14.6 Å². The standard InChI is InChI=1S/C14H16N2O5S/c1-9-7-11(16-21-9)8-15-22(18,19)13-6-4-5-12(10(13)2)14(17)20-3/h4-7,15H,8H2,1-3H3. The Bertz CT molecular complexity index is 795. The first-order chi connectivity index (χ1) is 10.3. The van der Waals surface area contributed by atoms with Crippen molar-refractivity contribution >= 4 is 16.0 Å². The maximum Gasteiger partial charge on any atom is 0.338 e. The fourth-order valence-corrected chi connectivity index (χ4v) is 3.25. The largest absolute Gasteiger partial charge is 0.465 e. The fourth-order valence-electron chi connectivity index (χ4n) is 1.98. The van der Waals surface area contributed by atoms with Crippen molar-refractivity contribution in [2.45, 2.75) is 25.3 Å². The summed E-state index contributed by atoms with van der Waals surface area (Å²) < 4.78 is 36.7. The molecule has 7 nitrogen and oxygen atoms in total. The van der Waals surface area contributed by atoms with Gasteiger partial charge < -0.3 is 9.26 Å². The number of nitrogens with zero attached hydrogens (tertiary/aromatic N) is 1. The van der Waals surface area contributed by atoms with Crippen molar-refractivity contribution in [3.05, 3.63) is 46.8 Å². The number of esters is 1. The molecule has 0 atom stereocenters. The minimum absolute atomic E-state index is 0.00155. The second kappa shape index (κ2) is 6.29. The fraction of sp³-hybridized carbons (Fsp3) is 0.286. The summed E-state index contributed by atoms with van der Waals surface area (Å²) in [5.41, 5.74) is 1.02. The van der Waals surface area contributed by atoms with Crippen LogP contribution in [0.3, 0.4) is 0 Å². The Morgan fingerprint density at radius 2 is 2.09 bits per heavy atom. The Kier molecular flexibility index (Phi) is 4.62. The molecule has 0 unspecified atom stereocenters. The summed E-state index contributed by atoms with van der Waals surface area (Å²) in [6.07, 6.45) is 0. The molecule has 0 amide bonds. The third-order valence-electron chi connectivity index (χ3n) is 3.10. The molecule has 118 valence electrons. The lowest BCUT2D eigenvalue weighted by atomic mass is 10.1. The van der Waals surface area contributed by atoms with Crippen molar-refractivity contribution < 1.29 is 22.5 Å². The van der Waals surface area contributed by atoms with E-state index in [1.165, 1.54) is 25.3 Å². The summed E-state index contributed by atoms with van der Waals surface area (Å²) in [7, 11) is -2.54. The van der Waals surface area contributed by atoms with Gasteiger partial charge >= 0.3 is 5.97 Å². The van der Waals surface area contributed by atoms with Crippen molar-refractivity contribution in [1.82, 2.24) is 9.88 Å². The number of sulfonamides is 1. The summed E-state index contributed by atoms with van der Waals surface area (Å²) in [5.74, 6) is 0.0137. The van der Waals surface area contributed by atoms with Crippen molar-refractivity contribution in [1.29, 1.82) is 0 Å².